The van der Waals surface area contributed by atoms with E-state index in [0.717, 1.165) is 0 Å². The maximum Gasteiger partial charge on any atom is 0.151 e. The molecule has 1 rings (SSSR count). The standard InChI is InChI=1S/C12H19NO2/c1-12(2,3)6-4-5-11(14)9-7-15-8-10(9)13/h9-10H,5,7-8,13H2,1-3H3. The first-order valence-electron chi connectivity index (χ1n) is 5.26. The van der Waals surface area contributed by atoms with E-state index in [4.69, 9.17) is 10.5 Å². The molecular formula is C12H19NO2. The van der Waals surface area contributed by atoms with E-state index >= 15 is 0 Å². The van der Waals surface area contributed by atoms with E-state index in [0.29, 0.717) is 19.6 Å². The average molecular weight is 209 g/mol. The maximum absolute atomic E-state index is 11.7. The van der Waals surface area contributed by atoms with Gasteiger partial charge in [0.05, 0.1) is 25.6 Å². The summed E-state index contributed by atoms with van der Waals surface area (Å²) < 4.78 is 5.14. The van der Waals surface area contributed by atoms with Crippen LogP contribution >= 0.6 is 0 Å². The van der Waals surface area contributed by atoms with Gasteiger partial charge in [-0.05, 0) is 20.8 Å². The van der Waals surface area contributed by atoms with Crippen molar-refractivity contribution in [3.05, 3.63) is 0 Å². The molecule has 1 saturated heterocycles. The van der Waals surface area contributed by atoms with E-state index in [1.54, 1.807) is 0 Å². The minimum atomic E-state index is -0.153. The van der Waals surface area contributed by atoms with Gasteiger partial charge in [0.1, 0.15) is 0 Å². The molecule has 3 heteroatoms. The maximum atomic E-state index is 11.7. The molecule has 0 aromatic heterocycles. The van der Waals surface area contributed by atoms with E-state index in [2.05, 4.69) is 11.8 Å². The predicted molar refractivity (Wildman–Crippen MR) is 59.1 cm³/mol. The number of hydrogen-bond donors (Lipinski definition) is 1. The molecule has 0 amide bonds. The van der Waals surface area contributed by atoms with Gasteiger partial charge in [-0.2, -0.15) is 0 Å². The summed E-state index contributed by atoms with van der Waals surface area (Å²) in [6, 6.07) is -0.145. The molecule has 1 heterocycles. The van der Waals surface area contributed by atoms with Crippen LogP contribution in [0.15, 0.2) is 0 Å². The Bertz CT molecular complexity index is 293. The third-order valence-electron chi connectivity index (χ3n) is 2.26. The number of ketones is 1. The summed E-state index contributed by atoms with van der Waals surface area (Å²) in [6.07, 6.45) is 0.291. The number of ether oxygens (including phenoxy) is 1. The molecular weight excluding hydrogens is 190 g/mol. The van der Waals surface area contributed by atoms with Crippen LogP contribution in [0, 0.1) is 23.2 Å². The van der Waals surface area contributed by atoms with Crippen LogP contribution in [0.4, 0.5) is 0 Å². The van der Waals surface area contributed by atoms with Gasteiger partial charge in [-0.15, -0.1) is 0 Å². The van der Waals surface area contributed by atoms with Gasteiger partial charge in [0.15, 0.2) is 5.78 Å². The molecule has 1 aliphatic rings. The van der Waals surface area contributed by atoms with Crippen LogP contribution in [0.25, 0.3) is 0 Å². The van der Waals surface area contributed by atoms with E-state index < -0.39 is 0 Å². The third kappa shape index (κ3) is 4.03. The monoisotopic (exact) mass is 209 g/mol. The van der Waals surface area contributed by atoms with Crippen molar-refractivity contribution in [3.63, 3.8) is 0 Å². The highest BCUT2D eigenvalue weighted by atomic mass is 16.5. The Morgan fingerprint density at radius 3 is 2.60 bits per heavy atom. The summed E-state index contributed by atoms with van der Waals surface area (Å²) in [5, 5.41) is 0. The van der Waals surface area contributed by atoms with Crippen molar-refractivity contribution in [3.8, 4) is 11.8 Å². The lowest BCUT2D eigenvalue weighted by atomic mass is 9.95. The van der Waals surface area contributed by atoms with Crippen LogP contribution < -0.4 is 5.73 Å². The zero-order chi connectivity index (χ0) is 11.5. The van der Waals surface area contributed by atoms with E-state index in [-0.39, 0.29) is 23.2 Å². The molecule has 0 radical (unpaired) electrons. The molecule has 0 aromatic carbocycles. The van der Waals surface area contributed by atoms with Crippen LogP contribution in [0.1, 0.15) is 27.2 Å². The first-order valence-corrected chi connectivity index (χ1v) is 5.26. The summed E-state index contributed by atoms with van der Waals surface area (Å²) in [6.45, 7) is 7.01. The lowest BCUT2D eigenvalue weighted by Crippen LogP contribution is -2.33. The second-order valence-electron chi connectivity index (χ2n) is 5.00. The zero-order valence-electron chi connectivity index (χ0n) is 9.67. The van der Waals surface area contributed by atoms with Gasteiger partial charge in [0.2, 0.25) is 0 Å². The molecule has 2 atom stereocenters. The zero-order valence-corrected chi connectivity index (χ0v) is 9.67. The number of rotatable bonds is 2. The van der Waals surface area contributed by atoms with Crippen LogP contribution in [-0.2, 0) is 9.53 Å². The smallest absolute Gasteiger partial charge is 0.151 e. The average Bonchev–Trinajstić information content (AvgIpc) is 2.48. The molecule has 2 N–H and O–H groups in total. The molecule has 0 spiro atoms. The number of carbonyl (C=O) groups is 1. The molecule has 84 valence electrons. The van der Waals surface area contributed by atoms with E-state index in [9.17, 15) is 4.79 Å². The Hall–Kier alpha value is -0.850. The number of carbonyl (C=O) groups excluding carboxylic acids is 1. The Balaban J connectivity index is 2.45. The minimum absolute atomic E-state index is 0.0471. The van der Waals surface area contributed by atoms with E-state index in [1.165, 1.54) is 0 Å². The molecule has 0 saturated carbocycles. The van der Waals surface area contributed by atoms with Crippen molar-refractivity contribution in [1.82, 2.24) is 0 Å². The third-order valence-corrected chi connectivity index (χ3v) is 2.26. The molecule has 0 bridgehead atoms. The Morgan fingerprint density at radius 1 is 1.47 bits per heavy atom. The first kappa shape index (κ1) is 12.2. The molecule has 3 nitrogen and oxygen atoms in total. The molecule has 15 heavy (non-hydrogen) atoms. The highest BCUT2D eigenvalue weighted by molar-refractivity contribution is 5.84. The Labute approximate surface area is 91.4 Å². The molecule has 0 aliphatic carbocycles. The van der Waals surface area contributed by atoms with Crippen molar-refractivity contribution >= 4 is 5.78 Å². The lowest BCUT2D eigenvalue weighted by molar-refractivity contribution is -0.122. The summed E-state index contributed by atoms with van der Waals surface area (Å²) >= 11 is 0. The highest BCUT2D eigenvalue weighted by Crippen LogP contribution is 2.15. The number of Topliss-reactive ketones (excluding diaryl/α,β-unsaturated/α-hetero) is 1. The summed E-state index contributed by atoms with van der Waals surface area (Å²) in [5.41, 5.74) is 5.70. The van der Waals surface area contributed by atoms with Gasteiger partial charge >= 0.3 is 0 Å². The van der Waals surface area contributed by atoms with Crippen LogP contribution in [0.3, 0.4) is 0 Å². The van der Waals surface area contributed by atoms with Gasteiger partial charge in [0, 0.05) is 11.5 Å². The number of hydrogen-bond acceptors (Lipinski definition) is 3. The van der Waals surface area contributed by atoms with Gasteiger partial charge in [-0.25, -0.2) is 0 Å². The predicted octanol–water partition coefficient (Wildman–Crippen LogP) is 0.969. The van der Waals surface area contributed by atoms with Crippen molar-refractivity contribution in [2.24, 2.45) is 17.1 Å². The topological polar surface area (TPSA) is 52.3 Å². The van der Waals surface area contributed by atoms with Crippen LogP contribution in [-0.4, -0.2) is 25.0 Å². The SMILES string of the molecule is CC(C)(C)C#CCC(=O)C1COCC1N. The molecule has 2 unspecified atom stereocenters. The normalized spacial score (nSPS) is 25.9. The molecule has 0 aromatic rings. The summed E-state index contributed by atoms with van der Waals surface area (Å²) in [5.74, 6) is 5.91. The fourth-order valence-electron chi connectivity index (χ4n) is 1.43. The minimum Gasteiger partial charge on any atom is -0.379 e. The van der Waals surface area contributed by atoms with Crippen molar-refractivity contribution < 1.29 is 9.53 Å². The lowest BCUT2D eigenvalue weighted by Gasteiger charge is -2.10. The van der Waals surface area contributed by atoms with Crippen molar-refractivity contribution in [2.75, 3.05) is 13.2 Å². The number of nitrogens with two attached hydrogens (primary N) is 1. The quantitative estimate of drug-likeness (QED) is 0.689. The molecule has 1 aliphatic heterocycles. The first-order chi connectivity index (χ1) is 6.90. The van der Waals surface area contributed by atoms with Gasteiger partial charge in [-0.3, -0.25) is 4.79 Å². The van der Waals surface area contributed by atoms with Gasteiger partial charge in [0.25, 0.3) is 0 Å². The summed E-state index contributed by atoms with van der Waals surface area (Å²) in [4.78, 5) is 11.7. The fourth-order valence-corrected chi connectivity index (χ4v) is 1.43. The Morgan fingerprint density at radius 2 is 2.13 bits per heavy atom. The highest BCUT2D eigenvalue weighted by Gasteiger charge is 2.30. The van der Waals surface area contributed by atoms with Gasteiger partial charge in [-0.1, -0.05) is 11.8 Å². The Kier molecular flexibility index (Phi) is 3.90. The fraction of sp³-hybridized carbons (Fsp3) is 0.750. The van der Waals surface area contributed by atoms with Gasteiger partial charge < -0.3 is 10.5 Å². The van der Waals surface area contributed by atoms with Crippen molar-refractivity contribution in [2.45, 2.75) is 33.2 Å². The van der Waals surface area contributed by atoms with Crippen LogP contribution in [0.2, 0.25) is 0 Å². The molecule has 1 fully saturated rings. The second-order valence-corrected chi connectivity index (χ2v) is 5.00. The largest absolute Gasteiger partial charge is 0.379 e. The van der Waals surface area contributed by atoms with Crippen molar-refractivity contribution in [1.29, 1.82) is 0 Å². The second kappa shape index (κ2) is 4.78. The van der Waals surface area contributed by atoms with Crippen LogP contribution in [0.5, 0.6) is 0 Å². The summed E-state index contributed by atoms with van der Waals surface area (Å²) in [7, 11) is 0. The van der Waals surface area contributed by atoms with E-state index in [1.807, 2.05) is 20.8 Å².